The fourth-order valence-corrected chi connectivity index (χ4v) is 3.97. The predicted molar refractivity (Wildman–Crippen MR) is 139 cm³/mol. The molecular weight excluding hydrogens is 529 g/mol. The molecule has 0 fully saturated rings. The molecule has 3 aromatic rings. The number of nitrogens with one attached hydrogen (secondary N) is 2. The van der Waals surface area contributed by atoms with Gasteiger partial charge in [-0.2, -0.15) is 0 Å². The zero-order valence-corrected chi connectivity index (χ0v) is 21.2. The van der Waals surface area contributed by atoms with Crippen LogP contribution in [0, 0.1) is 0 Å². The third-order valence-corrected chi connectivity index (χ3v) is 6.32. The predicted octanol–water partition coefficient (Wildman–Crippen LogP) is 5.70. The minimum atomic E-state index is -0.721. The number of methoxy groups -OCH3 is 2. The highest BCUT2D eigenvalue weighted by Gasteiger charge is 2.40. The van der Waals surface area contributed by atoms with Crippen LogP contribution in [0.4, 0.5) is 17.1 Å². The molecule has 11 heteroatoms. The fraction of sp³-hybridized carbons (Fsp3) is 0.0800. The Labute approximate surface area is 221 Å². The van der Waals surface area contributed by atoms with E-state index in [4.69, 9.17) is 44.3 Å². The van der Waals surface area contributed by atoms with Crippen LogP contribution in [0.2, 0.25) is 10.0 Å². The Morgan fingerprint density at radius 1 is 0.833 bits per heavy atom. The van der Waals surface area contributed by atoms with Crippen molar-refractivity contribution in [1.82, 2.24) is 0 Å². The molecule has 36 heavy (non-hydrogen) atoms. The Morgan fingerprint density at radius 3 is 2.31 bits per heavy atom. The zero-order valence-electron chi connectivity index (χ0n) is 18.9. The number of carbonyl (C=O) groups excluding carboxylic acids is 3. The van der Waals surface area contributed by atoms with Crippen molar-refractivity contribution in [2.45, 2.75) is 0 Å². The second kappa shape index (κ2) is 10.5. The molecule has 0 aromatic heterocycles. The Morgan fingerprint density at radius 2 is 1.61 bits per heavy atom. The number of nitrogens with zero attached hydrogens (tertiary/aromatic N) is 1. The van der Waals surface area contributed by atoms with E-state index in [1.165, 1.54) is 32.4 Å². The highest BCUT2D eigenvalue weighted by molar-refractivity contribution is 6.53. The van der Waals surface area contributed by atoms with Crippen LogP contribution in [-0.2, 0) is 9.59 Å². The summed E-state index contributed by atoms with van der Waals surface area (Å²) in [5.41, 5.74) is 1.18. The third-order valence-electron chi connectivity index (χ3n) is 5.23. The molecule has 0 radical (unpaired) electrons. The van der Waals surface area contributed by atoms with Gasteiger partial charge in [-0.3, -0.25) is 14.4 Å². The molecule has 0 unspecified atom stereocenters. The maximum atomic E-state index is 13.2. The first kappa shape index (κ1) is 25.4. The lowest BCUT2D eigenvalue weighted by Crippen LogP contribution is -2.32. The van der Waals surface area contributed by atoms with Crippen LogP contribution in [0.1, 0.15) is 10.4 Å². The van der Waals surface area contributed by atoms with E-state index in [1.54, 1.807) is 42.5 Å². The second-order valence-corrected chi connectivity index (χ2v) is 8.65. The van der Waals surface area contributed by atoms with E-state index in [2.05, 4.69) is 10.6 Å². The number of hydrogen-bond acceptors (Lipinski definition) is 6. The van der Waals surface area contributed by atoms with Crippen molar-refractivity contribution in [3.8, 4) is 11.5 Å². The molecule has 1 heterocycles. The fourth-order valence-electron chi connectivity index (χ4n) is 3.46. The van der Waals surface area contributed by atoms with Gasteiger partial charge in [0.1, 0.15) is 22.2 Å². The molecule has 0 bridgehead atoms. The van der Waals surface area contributed by atoms with Crippen LogP contribution in [-0.4, -0.2) is 31.9 Å². The number of hydrogen-bond donors (Lipinski definition) is 2. The Hall–Kier alpha value is -3.72. The first-order valence-electron chi connectivity index (χ1n) is 10.4. The lowest BCUT2D eigenvalue weighted by atomic mass is 10.1. The highest BCUT2D eigenvalue weighted by Crippen LogP contribution is 2.37. The van der Waals surface area contributed by atoms with Crippen molar-refractivity contribution in [3.63, 3.8) is 0 Å². The lowest BCUT2D eigenvalue weighted by Gasteiger charge is -2.18. The summed E-state index contributed by atoms with van der Waals surface area (Å²) in [5.74, 6) is -1.08. The van der Waals surface area contributed by atoms with Gasteiger partial charge in [0.2, 0.25) is 0 Å². The van der Waals surface area contributed by atoms with Crippen LogP contribution in [0.5, 0.6) is 11.5 Å². The van der Waals surface area contributed by atoms with Gasteiger partial charge in [0.15, 0.2) is 0 Å². The van der Waals surface area contributed by atoms with Crippen molar-refractivity contribution in [1.29, 1.82) is 0 Å². The van der Waals surface area contributed by atoms with Gasteiger partial charge in [-0.25, -0.2) is 4.90 Å². The molecule has 0 atom stereocenters. The summed E-state index contributed by atoms with van der Waals surface area (Å²) in [6.07, 6.45) is 0. The van der Waals surface area contributed by atoms with Crippen LogP contribution in [0.25, 0.3) is 0 Å². The molecule has 3 amide bonds. The first-order chi connectivity index (χ1) is 17.2. The maximum absolute atomic E-state index is 13.2. The van der Waals surface area contributed by atoms with Gasteiger partial charge in [0, 0.05) is 23.0 Å². The summed E-state index contributed by atoms with van der Waals surface area (Å²) < 4.78 is 10.5. The minimum Gasteiger partial charge on any atom is -0.497 e. The Kier molecular flexibility index (Phi) is 7.40. The largest absolute Gasteiger partial charge is 0.497 e. The first-order valence-corrected chi connectivity index (χ1v) is 11.5. The number of carbonyl (C=O) groups is 3. The number of ether oxygens (including phenoxy) is 2. The summed E-state index contributed by atoms with van der Waals surface area (Å²) in [5, 5.41) is 5.94. The third kappa shape index (κ3) is 4.97. The van der Waals surface area contributed by atoms with E-state index in [0.717, 1.165) is 4.90 Å². The molecule has 2 N–H and O–H groups in total. The van der Waals surface area contributed by atoms with E-state index in [0.29, 0.717) is 27.2 Å². The van der Waals surface area contributed by atoms with E-state index < -0.39 is 17.7 Å². The standard InChI is InChI=1S/C25H18Cl3N3O5/c1-35-16-7-9-19(20(12-16)36-2)31-24(33)21(28)22(25(31)34)29-14-5-3-4-13(10-14)23(32)30-15-6-8-17(26)18(27)11-15/h3-12,29H,1-2H3,(H,30,32). The summed E-state index contributed by atoms with van der Waals surface area (Å²) in [6, 6.07) is 15.7. The molecular formula is C25H18Cl3N3O5. The van der Waals surface area contributed by atoms with Crippen molar-refractivity contribution in [2.75, 3.05) is 29.8 Å². The van der Waals surface area contributed by atoms with Crippen molar-refractivity contribution < 1.29 is 23.9 Å². The molecule has 1 aliphatic heterocycles. The van der Waals surface area contributed by atoms with Gasteiger partial charge in [-0.15, -0.1) is 0 Å². The monoisotopic (exact) mass is 545 g/mol. The number of rotatable bonds is 7. The second-order valence-electron chi connectivity index (χ2n) is 7.46. The van der Waals surface area contributed by atoms with Gasteiger partial charge in [-0.1, -0.05) is 40.9 Å². The van der Waals surface area contributed by atoms with Gasteiger partial charge >= 0.3 is 0 Å². The normalized spacial score (nSPS) is 13.2. The molecule has 1 aliphatic rings. The molecule has 4 rings (SSSR count). The summed E-state index contributed by atoms with van der Waals surface area (Å²) in [4.78, 5) is 39.7. The van der Waals surface area contributed by atoms with E-state index in [9.17, 15) is 14.4 Å². The zero-order chi connectivity index (χ0) is 26.0. The van der Waals surface area contributed by atoms with E-state index in [-0.39, 0.29) is 27.7 Å². The molecule has 0 spiro atoms. The van der Waals surface area contributed by atoms with Crippen LogP contribution in [0.15, 0.2) is 71.4 Å². The molecule has 0 saturated carbocycles. The summed E-state index contributed by atoms with van der Waals surface area (Å²) in [7, 11) is 2.89. The van der Waals surface area contributed by atoms with Crippen molar-refractivity contribution in [3.05, 3.63) is 87.0 Å². The Bertz CT molecular complexity index is 1420. The van der Waals surface area contributed by atoms with E-state index in [1.807, 2.05) is 0 Å². The van der Waals surface area contributed by atoms with Crippen LogP contribution >= 0.6 is 34.8 Å². The molecule has 0 saturated heterocycles. The van der Waals surface area contributed by atoms with Crippen LogP contribution < -0.4 is 25.0 Å². The molecule has 184 valence electrons. The summed E-state index contributed by atoms with van der Waals surface area (Å²) >= 11 is 18.2. The average Bonchev–Trinajstić information content (AvgIpc) is 3.08. The van der Waals surface area contributed by atoms with Crippen molar-refractivity contribution >= 4 is 69.6 Å². The Balaban J connectivity index is 1.56. The quantitative estimate of drug-likeness (QED) is 0.369. The lowest BCUT2D eigenvalue weighted by molar-refractivity contribution is -0.120. The topological polar surface area (TPSA) is 97.0 Å². The summed E-state index contributed by atoms with van der Waals surface area (Å²) in [6.45, 7) is 0. The van der Waals surface area contributed by atoms with Gasteiger partial charge in [-0.05, 0) is 48.5 Å². The molecule has 3 aromatic carbocycles. The molecule has 0 aliphatic carbocycles. The van der Waals surface area contributed by atoms with E-state index >= 15 is 0 Å². The molecule has 8 nitrogen and oxygen atoms in total. The number of benzene rings is 3. The number of imide groups is 1. The van der Waals surface area contributed by atoms with Crippen LogP contribution in [0.3, 0.4) is 0 Å². The van der Waals surface area contributed by atoms with Gasteiger partial charge in [0.05, 0.1) is 30.0 Å². The smallest absolute Gasteiger partial charge is 0.283 e. The van der Waals surface area contributed by atoms with Gasteiger partial charge < -0.3 is 20.1 Å². The SMILES string of the molecule is COc1ccc(N2C(=O)C(Cl)=C(Nc3cccc(C(=O)Nc4ccc(Cl)c(Cl)c4)c3)C2=O)c(OC)c1. The van der Waals surface area contributed by atoms with Crippen molar-refractivity contribution in [2.24, 2.45) is 0 Å². The highest BCUT2D eigenvalue weighted by atomic mass is 35.5. The van der Waals surface area contributed by atoms with Gasteiger partial charge in [0.25, 0.3) is 17.7 Å². The number of halogens is 3. The maximum Gasteiger partial charge on any atom is 0.283 e. The average molecular weight is 547 g/mol. The minimum absolute atomic E-state index is 0.137. The number of amides is 3. The number of anilines is 3.